The van der Waals surface area contributed by atoms with E-state index in [0.717, 1.165) is 31.8 Å². The molecule has 5 aromatic rings. The van der Waals surface area contributed by atoms with E-state index < -0.39 is 0 Å². The lowest BCUT2D eigenvalue weighted by Crippen LogP contribution is -2.09. The van der Waals surface area contributed by atoms with Crippen molar-refractivity contribution in [1.82, 2.24) is 30.0 Å². The predicted octanol–water partition coefficient (Wildman–Crippen LogP) is 4.86. The smallest absolute Gasteiger partial charge is 0.261 e. The first-order chi connectivity index (χ1) is 16.5. The fourth-order valence-corrected chi connectivity index (χ4v) is 3.68. The summed E-state index contributed by atoms with van der Waals surface area (Å²) in [7, 11) is 0. The second kappa shape index (κ2) is 8.67. The molecule has 3 aromatic carbocycles. The summed E-state index contributed by atoms with van der Waals surface area (Å²) >= 11 is 0. The van der Waals surface area contributed by atoms with Gasteiger partial charge in [-0.3, -0.25) is 9.59 Å². The van der Waals surface area contributed by atoms with E-state index >= 15 is 0 Å². The van der Waals surface area contributed by atoms with Crippen LogP contribution >= 0.6 is 0 Å². The standard InChI is InChI=1S/C26H20N6O2/c1-17(33)31-27-23(19-10-5-3-6-11-19)25(29-31)21-14-9-15-22(16-21)26-24(20-12-7-4-8-13-20)28-32(30-26)18(2)34/h3-16H,1-2H3. The van der Waals surface area contributed by atoms with Crippen molar-refractivity contribution in [3.05, 3.63) is 84.9 Å². The fourth-order valence-electron chi connectivity index (χ4n) is 3.68. The second-order valence-corrected chi connectivity index (χ2v) is 7.72. The third-order valence-corrected chi connectivity index (χ3v) is 5.29. The summed E-state index contributed by atoms with van der Waals surface area (Å²) in [4.78, 5) is 26.2. The Hall–Kier alpha value is -4.72. The number of carbonyl (C=O) groups is 2. The monoisotopic (exact) mass is 448 g/mol. The minimum absolute atomic E-state index is 0.282. The number of aromatic nitrogens is 6. The van der Waals surface area contributed by atoms with E-state index in [2.05, 4.69) is 20.4 Å². The van der Waals surface area contributed by atoms with Gasteiger partial charge in [0.05, 0.1) is 0 Å². The minimum atomic E-state index is -0.282. The van der Waals surface area contributed by atoms with E-state index in [1.807, 2.05) is 84.9 Å². The Morgan fingerprint density at radius 1 is 0.500 bits per heavy atom. The molecule has 0 atom stereocenters. The SMILES string of the molecule is CC(=O)n1nc(-c2ccccc2)c(-c2cccc(-c3nn(C(C)=O)nc3-c3ccccc3)c2)n1. The molecule has 0 aliphatic rings. The van der Waals surface area contributed by atoms with Gasteiger partial charge < -0.3 is 0 Å². The van der Waals surface area contributed by atoms with Crippen LogP contribution in [0.5, 0.6) is 0 Å². The number of rotatable bonds is 4. The van der Waals surface area contributed by atoms with E-state index in [-0.39, 0.29) is 11.8 Å². The van der Waals surface area contributed by atoms with E-state index in [4.69, 9.17) is 0 Å². The van der Waals surface area contributed by atoms with Crippen molar-refractivity contribution in [3.8, 4) is 45.0 Å². The van der Waals surface area contributed by atoms with Crippen LogP contribution < -0.4 is 0 Å². The molecule has 0 bridgehead atoms. The molecule has 0 radical (unpaired) electrons. The van der Waals surface area contributed by atoms with Crippen LogP contribution in [-0.2, 0) is 0 Å². The first-order valence-corrected chi connectivity index (χ1v) is 10.7. The Balaban J connectivity index is 1.67. The molecule has 0 unspecified atom stereocenters. The highest BCUT2D eigenvalue weighted by molar-refractivity contribution is 5.85. The molecule has 0 aliphatic carbocycles. The van der Waals surface area contributed by atoms with Gasteiger partial charge in [0, 0.05) is 36.1 Å². The maximum absolute atomic E-state index is 12.0. The highest BCUT2D eigenvalue weighted by atomic mass is 16.2. The van der Waals surface area contributed by atoms with E-state index in [1.54, 1.807) is 0 Å². The van der Waals surface area contributed by atoms with Crippen LogP contribution in [0.1, 0.15) is 23.4 Å². The van der Waals surface area contributed by atoms with Gasteiger partial charge in [0.1, 0.15) is 22.8 Å². The number of carbonyl (C=O) groups excluding carboxylic acids is 2. The minimum Gasteiger partial charge on any atom is -0.271 e. The maximum atomic E-state index is 12.0. The van der Waals surface area contributed by atoms with Gasteiger partial charge >= 0.3 is 0 Å². The molecule has 0 N–H and O–H groups in total. The number of nitrogens with zero attached hydrogens (tertiary/aromatic N) is 6. The number of hydrogen-bond donors (Lipinski definition) is 0. The zero-order valence-corrected chi connectivity index (χ0v) is 18.6. The van der Waals surface area contributed by atoms with Crippen LogP contribution in [0.2, 0.25) is 0 Å². The number of hydrogen-bond acceptors (Lipinski definition) is 6. The van der Waals surface area contributed by atoms with Crippen LogP contribution in [0, 0.1) is 0 Å². The average molecular weight is 448 g/mol. The normalized spacial score (nSPS) is 10.9. The molecule has 0 aliphatic heterocycles. The Bertz CT molecular complexity index is 1390. The third kappa shape index (κ3) is 3.93. The zero-order valence-electron chi connectivity index (χ0n) is 18.6. The molecule has 8 heteroatoms. The third-order valence-electron chi connectivity index (χ3n) is 5.29. The molecular weight excluding hydrogens is 428 g/mol. The summed E-state index contributed by atoms with van der Waals surface area (Å²) in [5.41, 5.74) is 5.57. The summed E-state index contributed by atoms with van der Waals surface area (Å²) in [6, 6.07) is 26.8. The van der Waals surface area contributed by atoms with Gasteiger partial charge in [-0.05, 0) is 6.07 Å². The molecule has 166 valence electrons. The molecule has 0 fully saturated rings. The Labute approximate surface area is 195 Å². The first-order valence-electron chi connectivity index (χ1n) is 10.7. The van der Waals surface area contributed by atoms with E-state index in [9.17, 15) is 9.59 Å². The first kappa shape index (κ1) is 21.1. The molecule has 8 nitrogen and oxygen atoms in total. The van der Waals surface area contributed by atoms with Gasteiger partial charge in [-0.15, -0.1) is 30.0 Å². The van der Waals surface area contributed by atoms with Gasteiger partial charge in [0.25, 0.3) is 11.8 Å². The van der Waals surface area contributed by atoms with Crippen molar-refractivity contribution in [2.24, 2.45) is 0 Å². The highest BCUT2D eigenvalue weighted by Gasteiger charge is 2.20. The fraction of sp³-hybridized carbons (Fsp3) is 0.0769. The Morgan fingerprint density at radius 3 is 1.18 bits per heavy atom. The molecule has 2 heterocycles. The molecule has 0 amide bonds. The molecule has 5 rings (SSSR count). The van der Waals surface area contributed by atoms with E-state index in [0.29, 0.717) is 22.8 Å². The van der Waals surface area contributed by atoms with Crippen molar-refractivity contribution in [3.63, 3.8) is 0 Å². The summed E-state index contributed by atoms with van der Waals surface area (Å²) < 4.78 is 0. The van der Waals surface area contributed by atoms with Crippen molar-refractivity contribution < 1.29 is 9.59 Å². The van der Waals surface area contributed by atoms with Crippen LogP contribution in [0.25, 0.3) is 45.0 Å². The average Bonchev–Trinajstić information content (AvgIpc) is 3.51. The molecule has 2 aromatic heterocycles. The van der Waals surface area contributed by atoms with Gasteiger partial charge in [-0.2, -0.15) is 0 Å². The summed E-state index contributed by atoms with van der Waals surface area (Å²) in [5.74, 6) is -0.564. The van der Waals surface area contributed by atoms with Crippen molar-refractivity contribution in [1.29, 1.82) is 0 Å². The van der Waals surface area contributed by atoms with Gasteiger partial charge in [0.15, 0.2) is 0 Å². The second-order valence-electron chi connectivity index (χ2n) is 7.72. The Morgan fingerprint density at radius 2 is 0.824 bits per heavy atom. The van der Waals surface area contributed by atoms with Crippen molar-refractivity contribution >= 4 is 11.8 Å². The highest BCUT2D eigenvalue weighted by Crippen LogP contribution is 2.34. The van der Waals surface area contributed by atoms with E-state index in [1.165, 1.54) is 13.8 Å². The van der Waals surface area contributed by atoms with Gasteiger partial charge in [-0.1, -0.05) is 78.9 Å². The lowest BCUT2D eigenvalue weighted by molar-refractivity contribution is 0.0895. The lowest BCUT2D eigenvalue weighted by Gasteiger charge is -2.05. The molecule has 0 spiro atoms. The topological polar surface area (TPSA) is 95.6 Å². The molecule has 0 saturated carbocycles. The maximum Gasteiger partial charge on any atom is 0.261 e. The lowest BCUT2D eigenvalue weighted by atomic mass is 10.00. The largest absolute Gasteiger partial charge is 0.271 e. The predicted molar refractivity (Wildman–Crippen MR) is 128 cm³/mol. The zero-order chi connectivity index (χ0) is 23.7. The van der Waals surface area contributed by atoms with Crippen LogP contribution in [0.15, 0.2) is 84.9 Å². The van der Waals surface area contributed by atoms with Crippen molar-refractivity contribution in [2.75, 3.05) is 0 Å². The molecule has 0 saturated heterocycles. The summed E-state index contributed by atoms with van der Waals surface area (Å²) in [6.45, 7) is 2.84. The van der Waals surface area contributed by atoms with Crippen LogP contribution in [0.4, 0.5) is 0 Å². The number of benzene rings is 3. The van der Waals surface area contributed by atoms with Gasteiger partial charge in [0.2, 0.25) is 0 Å². The van der Waals surface area contributed by atoms with Gasteiger partial charge in [-0.25, -0.2) is 0 Å². The molecular formula is C26H20N6O2. The molecule has 34 heavy (non-hydrogen) atoms. The van der Waals surface area contributed by atoms with Crippen molar-refractivity contribution in [2.45, 2.75) is 13.8 Å². The Kier molecular flexibility index (Phi) is 5.39. The summed E-state index contributed by atoms with van der Waals surface area (Å²) in [6.07, 6.45) is 0. The quantitative estimate of drug-likeness (QED) is 0.390. The van der Waals surface area contributed by atoms with Crippen LogP contribution in [0.3, 0.4) is 0 Å². The van der Waals surface area contributed by atoms with Crippen LogP contribution in [-0.4, -0.2) is 41.8 Å². The summed E-state index contributed by atoms with van der Waals surface area (Å²) in [5, 5.41) is 17.8.